The predicted molar refractivity (Wildman–Crippen MR) is 48.4 cm³/mol. The van der Waals surface area contributed by atoms with Gasteiger partial charge in [-0.15, -0.1) is 0 Å². The maximum absolute atomic E-state index is 5.79. The lowest BCUT2D eigenvalue weighted by atomic mass is 10.3. The molecular weight excluding hydrogens is 229 g/mol. The highest BCUT2D eigenvalue weighted by molar-refractivity contribution is 9.08. The Hall–Kier alpha value is -0.280. The first-order chi connectivity index (χ1) is 5.27. The number of alkyl halides is 1. The molecule has 0 unspecified atom stereocenters. The summed E-state index contributed by atoms with van der Waals surface area (Å²) >= 11 is 9.08. The van der Waals surface area contributed by atoms with Crippen LogP contribution < -0.4 is 4.74 Å². The van der Waals surface area contributed by atoms with Gasteiger partial charge in [0.15, 0.2) is 0 Å². The highest BCUT2D eigenvalue weighted by Gasteiger charge is 2.00. The van der Waals surface area contributed by atoms with Crippen molar-refractivity contribution in [1.82, 2.24) is 4.98 Å². The topological polar surface area (TPSA) is 22.1 Å². The number of rotatable bonds is 2. The van der Waals surface area contributed by atoms with Crippen LogP contribution in [0.5, 0.6) is 5.88 Å². The first-order valence-corrected chi connectivity index (χ1v) is 4.53. The zero-order valence-corrected chi connectivity index (χ0v) is 8.32. The van der Waals surface area contributed by atoms with E-state index < -0.39 is 0 Å². The number of ether oxygens (including phenoxy) is 1. The Bertz CT molecular complexity index is 254. The first kappa shape index (κ1) is 8.81. The minimum absolute atomic E-state index is 0.487. The smallest absolute Gasteiger partial charge is 0.214 e. The summed E-state index contributed by atoms with van der Waals surface area (Å²) in [5.74, 6) is 0.541. The molecule has 0 bridgehead atoms. The van der Waals surface area contributed by atoms with Gasteiger partial charge in [0, 0.05) is 17.0 Å². The standard InChI is InChI=1S/C7H7BrClNO/c1-11-6-3-2-5(4-8)7(9)10-6/h2-3H,4H2,1H3. The SMILES string of the molecule is COc1ccc(CBr)c(Cl)n1. The molecule has 1 aromatic heterocycles. The molecule has 0 amide bonds. The van der Waals surface area contributed by atoms with Gasteiger partial charge in [0.2, 0.25) is 5.88 Å². The van der Waals surface area contributed by atoms with Crippen LogP contribution in [0.2, 0.25) is 5.15 Å². The first-order valence-electron chi connectivity index (χ1n) is 3.03. The van der Waals surface area contributed by atoms with E-state index in [0.29, 0.717) is 16.4 Å². The van der Waals surface area contributed by atoms with E-state index in [0.717, 1.165) is 5.56 Å². The number of hydrogen-bond donors (Lipinski definition) is 0. The Morgan fingerprint density at radius 1 is 1.64 bits per heavy atom. The molecule has 0 saturated carbocycles. The third kappa shape index (κ3) is 2.07. The van der Waals surface area contributed by atoms with Gasteiger partial charge in [0.1, 0.15) is 5.15 Å². The molecule has 11 heavy (non-hydrogen) atoms. The second-order valence-corrected chi connectivity index (χ2v) is 2.86. The Labute approximate surface area is 78.7 Å². The van der Waals surface area contributed by atoms with Crippen molar-refractivity contribution >= 4 is 27.5 Å². The Kier molecular flexibility index (Phi) is 3.15. The minimum Gasteiger partial charge on any atom is -0.481 e. The molecule has 0 radical (unpaired) electrons. The molecule has 0 aliphatic rings. The van der Waals surface area contributed by atoms with Crippen LogP contribution in [0.4, 0.5) is 0 Å². The average molecular weight is 236 g/mol. The third-order valence-electron chi connectivity index (χ3n) is 1.25. The van der Waals surface area contributed by atoms with E-state index in [1.54, 1.807) is 13.2 Å². The highest BCUT2D eigenvalue weighted by Crippen LogP contribution is 2.19. The van der Waals surface area contributed by atoms with Gasteiger partial charge in [-0.3, -0.25) is 0 Å². The number of aromatic nitrogens is 1. The van der Waals surface area contributed by atoms with Crippen LogP contribution in [0.15, 0.2) is 12.1 Å². The lowest BCUT2D eigenvalue weighted by molar-refractivity contribution is 0.398. The van der Waals surface area contributed by atoms with Gasteiger partial charge >= 0.3 is 0 Å². The zero-order valence-electron chi connectivity index (χ0n) is 5.97. The van der Waals surface area contributed by atoms with E-state index >= 15 is 0 Å². The second kappa shape index (κ2) is 3.93. The van der Waals surface area contributed by atoms with E-state index in [1.165, 1.54) is 0 Å². The van der Waals surface area contributed by atoms with Crippen molar-refractivity contribution < 1.29 is 4.74 Å². The number of methoxy groups -OCH3 is 1. The summed E-state index contributed by atoms with van der Waals surface area (Å²) in [6.45, 7) is 0. The van der Waals surface area contributed by atoms with Crippen LogP contribution >= 0.6 is 27.5 Å². The van der Waals surface area contributed by atoms with Crippen LogP contribution in [0.1, 0.15) is 5.56 Å². The molecule has 0 spiro atoms. The summed E-state index contributed by atoms with van der Waals surface area (Å²) in [7, 11) is 1.56. The van der Waals surface area contributed by atoms with Gasteiger partial charge in [-0.25, -0.2) is 4.98 Å². The molecule has 0 N–H and O–H groups in total. The number of pyridine rings is 1. The molecule has 60 valence electrons. The van der Waals surface area contributed by atoms with Gasteiger partial charge in [-0.2, -0.15) is 0 Å². The average Bonchev–Trinajstić information content (AvgIpc) is 2.04. The van der Waals surface area contributed by atoms with Gasteiger partial charge in [0.25, 0.3) is 0 Å². The largest absolute Gasteiger partial charge is 0.481 e. The molecule has 4 heteroatoms. The Balaban J connectivity index is 2.99. The van der Waals surface area contributed by atoms with Crippen LogP contribution in [-0.4, -0.2) is 12.1 Å². The van der Waals surface area contributed by atoms with Crippen molar-refractivity contribution in [1.29, 1.82) is 0 Å². The predicted octanol–water partition coefficient (Wildman–Crippen LogP) is 2.64. The van der Waals surface area contributed by atoms with Crippen molar-refractivity contribution in [2.45, 2.75) is 5.33 Å². The number of nitrogens with zero attached hydrogens (tertiary/aromatic N) is 1. The summed E-state index contributed by atoms with van der Waals surface area (Å²) < 4.78 is 4.88. The van der Waals surface area contributed by atoms with E-state index in [1.807, 2.05) is 6.07 Å². The maximum Gasteiger partial charge on any atom is 0.214 e. The lowest BCUT2D eigenvalue weighted by Crippen LogP contribution is -1.89. The van der Waals surface area contributed by atoms with E-state index in [2.05, 4.69) is 20.9 Å². The molecule has 0 aliphatic heterocycles. The van der Waals surface area contributed by atoms with E-state index in [4.69, 9.17) is 16.3 Å². The molecule has 1 heterocycles. The molecule has 0 aromatic carbocycles. The minimum atomic E-state index is 0.487. The zero-order chi connectivity index (χ0) is 8.27. The molecule has 0 saturated heterocycles. The molecule has 1 aromatic rings. The van der Waals surface area contributed by atoms with Crippen molar-refractivity contribution in [2.24, 2.45) is 0 Å². The fourth-order valence-electron chi connectivity index (χ4n) is 0.660. The lowest BCUT2D eigenvalue weighted by Gasteiger charge is -2.01. The van der Waals surface area contributed by atoms with E-state index in [-0.39, 0.29) is 0 Å². The Morgan fingerprint density at radius 3 is 2.82 bits per heavy atom. The fourth-order valence-corrected chi connectivity index (χ4v) is 1.49. The quantitative estimate of drug-likeness (QED) is 0.582. The van der Waals surface area contributed by atoms with Crippen LogP contribution in [0.3, 0.4) is 0 Å². The second-order valence-electron chi connectivity index (χ2n) is 1.94. The maximum atomic E-state index is 5.79. The van der Waals surface area contributed by atoms with Crippen LogP contribution in [0, 0.1) is 0 Å². The van der Waals surface area contributed by atoms with Crippen LogP contribution in [-0.2, 0) is 5.33 Å². The summed E-state index contributed by atoms with van der Waals surface area (Å²) in [5.41, 5.74) is 0.965. The third-order valence-corrected chi connectivity index (χ3v) is 2.18. The van der Waals surface area contributed by atoms with Gasteiger partial charge < -0.3 is 4.74 Å². The number of halogens is 2. The van der Waals surface area contributed by atoms with Crippen molar-refractivity contribution in [3.8, 4) is 5.88 Å². The molecule has 1 rings (SSSR count). The van der Waals surface area contributed by atoms with Gasteiger partial charge in [-0.1, -0.05) is 27.5 Å². The van der Waals surface area contributed by atoms with E-state index in [9.17, 15) is 0 Å². The Morgan fingerprint density at radius 2 is 2.36 bits per heavy atom. The summed E-state index contributed by atoms with van der Waals surface area (Å²) in [4.78, 5) is 3.98. The normalized spacial score (nSPS) is 9.73. The monoisotopic (exact) mass is 235 g/mol. The molecule has 0 aliphatic carbocycles. The molecule has 2 nitrogen and oxygen atoms in total. The molecule has 0 fully saturated rings. The summed E-state index contributed by atoms with van der Waals surface area (Å²) in [5, 5.41) is 1.20. The summed E-state index contributed by atoms with van der Waals surface area (Å²) in [6, 6.07) is 3.66. The number of hydrogen-bond acceptors (Lipinski definition) is 2. The fraction of sp³-hybridized carbons (Fsp3) is 0.286. The van der Waals surface area contributed by atoms with Gasteiger partial charge in [-0.05, 0) is 6.07 Å². The van der Waals surface area contributed by atoms with Crippen molar-refractivity contribution in [3.05, 3.63) is 22.8 Å². The molecular formula is C7H7BrClNO. The summed E-state index contributed by atoms with van der Waals surface area (Å²) in [6.07, 6.45) is 0. The van der Waals surface area contributed by atoms with Gasteiger partial charge in [0.05, 0.1) is 7.11 Å². The van der Waals surface area contributed by atoms with Crippen LogP contribution in [0.25, 0.3) is 0 Å². The van der Waals surface area contributed by atoms with Crippen molar-refractivity contribution in [3.63, 3.8) is 0 Å². The highest BCUT2D eigenvalue weighted by atomic mass is 79.9. The van der Waals surface area contributed by atoms with Crippen molar-refractivity contribution in [2.75, 3.05) is 7.11 Å². The molecule has 0 atom stereocenters.